The third-order valence-electron chi connectivity index (χ3n) is 10.1. The van der Waals surface area contributed by atoms with Crippen molar-refractivity contribution in [1.82, 2.24) is 23.9 Å². The van der Waals surface area contributed by atoms with E-state index < -0.39 is 0 Å². The summed E-state index contributed by atoms with van der Waals surface area (Å²) in [7, 11) is 0. The van der Waals surface area contributed by atoms with Crippen LogP contribution in [-0.4, -0.2) is 23.9 Å². The van der Waals surface area contributed by atoms with E-state index in [4.69, 9.17) is 15.0 Å². The molecule has 0 bridgehead atoms. The number of benzene rings is 7. The Hall–Kier alpha value is -6.85. The largest absolute Gasteiger partial charge is 0.308 e. The van der Waals surface area contributed by atoms with E-state index >= 15 is 0 Å². The summed E-state index contributed by atoms with van der Waals surface area (Å²) in [5, 5.41) is 7.37. The molecule has 0 unspecified atom stereocenters. The number of para-hydroxylation sites is 4. The first-order valence-corrected chi connectivity index (χ1v) is 16.9. The molecular weight excluding hydrogens is 611 g/mol. The van der Waals surface area contributed by atoms with Crippen LogP contribution < -0.4 is 0 Å². The van der Waals surface area contributed by atoms with Crippen LogP contribution in [0.15, 0.2) is 164 Å². The normalized spacial score (nSPS) is 12.0. The topological polar surface area (TPSA) is 48.0 Å². The zero-order chi connectivity index (χ0) is 32.8. The highest BCUT2D eigenvalue weighted by molar-refractivity contribution is 6.24. The van der Waals surface area contributed by atoms with Gasteiger partial charge in [0.05, 0.1) is 27.6 Å². The molecule has 7 aromatic carbocycles. The lowest BCUT2D eigenvalue weighted by Gasteiger charge is -2.12. The summed E-state index contributed by atoms with van der Waals surface area (Å²) < 4.78 is 4.58. The quantitative estimate of drug-likeness (QED) is 0.193. The Morgan fingerprint density at radius 2 is 0.780 bits per heavy atom. The Morgan fingerprint density at radius 3 is 1.38 bits per heavy atom. The highest BCUT2D eigenvalue weighted by atomic mass is 15.2. The van der Waals surface area contributed by atoms with E-state index in [0.717, 1.165) is 33.3 Å². The summed E-state index contributed by atoms with van der Waals surface area (Å²) in [5.74, 6) is 1.86. The minimum atomic E-state index is 0.593. The van der Waals surface area contributed by atoms with Gasteiger partial charge in [-0.2, -0.15) is 9.97 Å². The van der Waals surface area contributed by atoms with Gasteiger partial charge in [0.25, 0.3) is 0 Å². The lowest BCUT2D eigenvalue weighted by atomic mass is 9.98. The third-order valence-corrected chi connectivity index (χ3v) is 10.1. The van der Waals surface area contributed by atoms with Gasteiger partial charge in [-0.25, -0.2) is 4.98 Å². The molecular formula is C45H27N5. The Labute approximate surface area is 286 Å². The monoisotopic (exact) mass is 637 g/mol. The van der Waals surface area contributed by atoms with E-state index in [2.05, 4.69) is 155 Å². The SMILES string of the molecule is c1ccc(-c2nc(-c3cccc(-c4cc5c6ccccc6n6c7ccccc7c(c4)c56)c3)nc(-n3c4ccccc4c4ccccc43)n2)cc1. The van der Waals surface area contributed by atoms with Crippen molar-refractivity contribution in [2.24, 2.45) is 0 Å². The van der Waals surface area contributed by atoms with Crippen LogP contribution in [-0.2, 0) is 0 Å². The van der Waals surface area contributed by atoms with E-state index in [-0.39, 0.29) is 0 Å². The molecule has 5 nitrogen and oxygen atoms in total. The number of hydrogen-bond acceptors (Lipinski definition) is 3. The van der Waals surface area contributed by atoms with E-state index in [1.165, 1.54) is 48.9 Å². The summed E-state index contributed by atoms with van der Waals surface area (Å²) >= 11 is 0. The zero-order valence-corrected chi connectivity index (χ0v) is 26.8. The Bertz CT molecular complexity index is 2960. The molecule has 0 spiro atoms. The molecule has 232 valence electrons. The molecule has 4 aromatic heterocycles. The van der Waals surface area contributed by atoms with Gasteiger partial charge in [-0.1, -0.05) is 121 Å². The summed E-state index contributed by atoms with van der Waals surface area (Å²) in [6.45, 7) is 0. The molecule has 0 aliphatic rings. The maximum Gasteiger partial charge on any atom is 0.238 e. The molecule has 5 heteroatoms. The molecule has 0 saturated heterocycles. The van der Waals surface area contributed by atoms with Crippen molar-refractivity contribution >= 4 is 59.9 Å². The summed E-state index contributed by atoms with van der Waals surface area (Å²) in [6, 6.07) is 57.8. The smallest absolute Gasteiger partial charge is 0.238 e. The first-order valence-electron chi connectivity index (χ1n) is 16.9. The van der Waals surface area contributed by atoms with Crippen molar-refractivity contribution in [3.63, 3.8) is 0 Å². The average Bonchev–Trinajstić information content (AvgIpc) is 3.83. The van der Waals surface area contributed by atoms with Crippen molar-refractivity contribution in [2.75, 3.05) is 0 Å². The first-order chi connectivity index (χ1) is 24.8. The molecule has 11 aromatic rings. The van der Waals surface area contributed by atoms with Crippen LogP contribution in [0.1, 0.15) is 0 Å². The van der Waals surface area contributed by atoms with Crippen molar-refractivity contribution in [1.29, 1.82) is 0 Å². The maximum absolute atomic E-state index is 5.20. The van der Waals surface area contributed by atoms with Crippen molar-refractivity contribution in [2.45, 2.75) is 0 Å². The van der Waals surface area contributed by atoms with Crippen LogP contribution in [0.2, 0.25) is 0 Å². The third kappa shape index (κ3) is 3.86. The summed E-state index contributed by atoms with van der Waals surface area (Å²) in [6.07, 6.45) is 0. The fourth-order valence-electron chi connectivity index (χ4n) is 7.90. The van der Waals surface area contributed by atoms with Crippen LogP contribution in [0.4, 0.5) is 0 Å². The second-order valence-electron chi connectivity index (χ2n) is 12.9. The van der Waals surface area contributed by atoms with Gasteiger partial charge in [0, 0.05) is 43.4 Å². The molecule has 0 amide bonds. The molecule has 50 heavy (non-hydrogen) atoms. The predicted molar refractivity (Wildman–Crippen MR) is 205 cm³/mol. The number of rotatable bonds is 4. The number of fused-ring (bicyclic) bond motifs is 9. The zero-order valence-electron chi connectivity index (χ0n) is 26.8. The van der Waals surface area contributed by atoms with Gasteiger partial charge in [0.15, 0.2) is 11.6 Å². The van der Waals surface area contributed by atoms with Crippen LogP contribution in [0.25, 0.3) is 99.8 Å². The summed E-state index contributed by atoms with van der Waals surface area (Å²) in [4.78, 5) is 15.4. The van der Waals surface area contributed by atoms with E-state index in [1.807, 2.05) is 18.2 Å². The maximum atomic E-state index is 5.20. The highest BCUT2D eigenvalue weighted by Gasteiger charge is 2.20. The van der Waals surface area contributed by atoms with Gasteiger partial charge in [0.2, 0.25) is 5.95 Å². The fourth-order valence-corrected chi connectivity index (χ4v) is 7.90. The summed E-state index contributed by atoms with van der Waals surface area (Å²) in [5.41, 5.74) is 10.0. The number of aromatic nitrogens is 5. The molecule has 0 saturated carbocycles. The molecule has 0 fully saturated rings. The van der Waals surface area contributed by atoms with Gasteiger partial charge >= 0.3 is 0 Å². The molecule has 0 aliphatic carbocycles. The second-order valence-corrected chi connectivity index (χ2v) is 12.9. The van der Waals surface area contributed by atoms with E-state index in [1.54, 1.807) is 0 Å². The molecule has 4 heterocycles. The average molecular weight is 638 g/mol. The first kappa shape index (κ1) is 27.1. The fraction of sp³-hybridized carbons (Fsp3) is 0. The highest BCUT2D eigenvalue weighted by Crippen LogP contribution is 2.42. The predicted octanol–water partition coefficient (Wildman–Crippen LogP) is 11.1. The Morgan fingerprint density at radius 1 is 0.320 bits per heavy atom. The van der Waals surface area contributed by atoms with Crippen LogP contribution >= 0.6 is 0 Å². The number of hydrogen-bond donors (Lipinski definition) is 0. The molecule has 0 N–H and O–H groups in total. The van der Waals surface area contributed by atoms with Gasteiger partial charge in [0.1, 0.15) is 0 Å². The van der Waals surface area contributed by atoms with Crippen molar-refractivity contribution in [3.05, 3.63) is 164 Å². The standard InChI is InChI=1S/C45H27N5/c1-2-13-28(14-3-1)43-46-44(48-45(47-43)50-40-23-10-4-17-32(40)33-18-5-11-24-41(33)50)30-16-12-15-29(25-30)31-26-36-34-19-6-8-21-38(34)49-39-22-9-7-20-35(39)37(27-31)42(36)49/h1-27H. The van der Waals surface area contributed by atoms with Gasteiger partial charge in [-0.05, 0) is 53.6 Å². The lowest BCUT2D eigenvalue weighted by molar-refractivity contribution is 0.953. The van der Waals surface area contributed by atoms with Crippen LogP contribution in [0.5, 0.6) is 0 Å². The van der Waals surface area contributed by atoms with Crippen molar-refractivity contribution in [3.8, 4) is 39.9 Å². The molecule has 0 atom stereocenters. The van der Waals surface area contributed by atoms with Gasteiger partial charge < -0.3 is 4.40 Å². The lowest BCUT2D eigenvalue weighted by Crippen LogP contribution is -2.06. The molecule has 0 aliphatic heterocycles. The minimum Gasteiger partial charge on any atom is -0.308 e. The van der Waals surface area contributed by atoms with Crippen molar-refractivity contribution < 1.29 is 0 Å². The van der Waals surface area contributed by atoms with Gasteiger partial charge in [-0.15, -0.1) is 0 Å². The second kappa shape index (κ2) is 10.3. The van der Waals surface area contributed by atoms with Gasteiger partial charge in [-0.3, -0.25) is 4.57 Å². The van der Waals surface area contributed by atoms with E-state index in [9.17, 15) is 0 Å². The molecule has 0 radical (unpaired) electrons. The minimum absolute atomic E-state index is 0.593. The Balaban J connectivity index is 1.14. The van der Waals surface area contributed by atoms with E-state index in [0.29, 0.717) is 17.6 Å². The Kier molecular flexibility index (Phi) is 5.60. The van der Waals surface area contributed by atoms with Crippen LogP contribution in [0.3, 0.4) is 0 Å². The number of nitrogens with zero attached hydrogens (tertiary/aromatic N) is 5. The molecule has 11 rings (SSSR count). The van der Waals surface area contributed by atoms with Crippen LogP contribution in [0, 0.1) is 0 Å².